The number of hydrogen-bond donors (Lipinski definition) is 1. The Bertz CT molecular complexity index is 365. The van der Waals surface area contributed by atoms with Crippen molar-refractivity contribution in [1.29, 1.82) is 0 Å². The zero-order valence-corrected chi connectivity index (χ0v) is 8.86. The maximum Gasteiger partial charge on any atom is 1.00 e. The molecule has 2 rings (SSSR count). The largest absolute Gasteiger partial charge is 1.00 e. The van der Waals surface area contributed by atoms with Crippen LogP contribution in [0.15, 0.2) is 18.9 Å². The van der Waals surface area contributed by atoms with Gasteiger partial charge in [-0.15, -0.1) is 0 Å². The molecule has 0 N–H and O–H groups in total. The standard InChI is InChI=1S/C5H4N4S.Na.H/c10-9-3-8-4-1-6-2-7-5(4)9;;/h1-3,10H;;/q;+1;-1. The first kappa shape index (κ1) is 8.99. The molecule has 2 aromatic heterocycles. The van der Waals surface area contributed by atoms with Crippen LogP contribution in [0.3, 0.4) is 0 Å². The topological polar surface area (TPSA) is 43.6 Å². The summed E-state index contributed by atoms with van der Waals surface area (Å²) in [5, 5.41) is 0. The van der Waals surface area contributed by atoms with Crippen LogP contribution in [-0.2, 0) is 0 Å². The van der Waals surface area contributed by atoms with E-state index in [0.717, 1.165) is 11.2 Å². The Labute approximate surface area is 92.4 Å². The maximum atomic E-state index is 4.07. The Morgan fingerprint density at radius 2 is 2.27 bits per heavy atom. The summed E-state index contributed by atoms with van der Waals surface area (Å²) in [4.78, 5) is 11.7. The second-order valence-corrected chi connectivity index (χ2v) is 2.25. The molecule has 0 aliphatic carbocycles. The second kappa shape index (κ2) is 3.53. The summed E-state index contributed by atoms with van der Waals surface area (Å²) < 4.78 is 1.55. The monoisotopic (exact) mass is 176 g/mol. The molecule has 0 aromatic carbocycles. The Morgan fingerprint density at radius 3 is 3.00 bits per heavy atom. The van der Waals surface area contributed by atoms with E-state index in [-0.39, 0.29) is 31.0 Å². The van der Waals surface area contributed by atoms with Gasteiger partial charge in [0, 0.05) is 0 Å². The van der Waals surface area contributed by atoms with Gasteiger partial charge in [-0.3, -0.25) is 3.97 Å². The van der Waals surface area contributed by atoms with Crippen LogP contribution in [0.25, 0.3) is 11.2 Å². The SMILES string of the molecule is Sn1cnc2cncnc21.[H-].[Na+]. The zero-order chi connectivity index (χ0) is 6.97. The van der Waals surface area contributed by atoms with Gasteiger partial charge in [0.15, 0.2) is 5.65 Å². The van der Waals surface area contributed by atoms with Crippen LogP contribution in [0.4, 0.5) is 0 Å². The van der Waals surface area contributed by atoms with Crippen LogP contribution in [0.5, 0.6) is 0 Å². The first-order valence-electron chi connectivity index (χ1n) is 2.70. The third-order valence-corrected chi connectivity index (χ3v) is 1.49. The quantitative estimate of drug-likeness (QED) is 0.360. The molecule has 4 nitrogen and oxygen atoms in total. The van der Waals surface area contributed by atoms with Gasteiger partial charge in [-0.2, -0.15) is 0 Å². The van der Waals surface area contributed by atoms with Gasteiger partial charge in [0.05, 0.1) is 6.20 Å². The average molecular weight is 176 g/mol. The van der Waals surface area contributed by atoms with E-state index < -0.39 is 0 Å². The summed E-state index contributed by atoms with van der Waals surface area (Å²) in [7, 11) is 0. The molecular formula is C5H5N4NaS. The van der Waals surface area contributed by atoms with E-state index in [9.17, 15) is 0 Å². The normalized spacial score (nSPS) is 9.55. The van der Waals surface area contributed by atoms with E-state index in [0.29, 0.717) is 0 Å². The Kier molecular flexibility index (Phi) is 2.89. The summed E-state index contributed by atoms with van der Waals surface area (Å²) in [5.41, 5.74) is 1.50. The van der Waals surface area contributed by atoms with E-state index >= 15 is 0 Å². The molecule has 0 aliphatic rings. The fraction of sp³-hybridized carbons (Fsp3) is 0. The van der Waals surface area contributed by atoms with Crippen LogP contribution >= 0.6 is 12.8 Å². The molecule has 0 radical (unpaired) electrons. The minimum absolute atomic E-state index is 0. The van der Waals surface area contributed by atoms with Crippen LogP contribution in [0, 0.1) is 0 Å². The van der Waals surface area contributed by atoms with Crippen LogP contribution in [0.2, 0.25) is 0 Å². The molecule has 0 saturated heterocycles. The van der Waals surface area contributed by atoms with Crippen molar-refractivity contribution in [2.24, 2.45) is 0 Å². The number of rotatable bonds is 0. The molecule has 0 unspecified atom stereocenters. The molecule has 0 aliphatic heterocycles. The van der Waals surface area contributed by atoms with Crippen LogP contribution < -0.4 is 29.6 Å². The van der Waals surface area contributed by atoms with Crippen molar-refractivity contribution in [3.8, 4) is 0 Å². The summed E-state index contributed by atoms with van der Waals surface area (Å²) in [6.45, 7) is 0. The maximum absolute atomic E-state index is 4.07. The number of imidazole rings is 1. The van der Waals surface area contributed by atoms with Crippen molar-refractivity contribution < 1.29 is 31.0 Å². The van der Waals surface area contributed by atoms with Crippen LogP contribution in [0.1, 0.15) is 1.43 Å². The predicted molar refractivity (Wildman–Crippen MR) is 40.8 cm³/mol. The fourth-order valence-corrected chi connectivity index (χ4v) is 0.961. The first-order valence-corrected chi connectivity index (χ1v) is 3.10. The van der Waals surface area contributed by atoms with Crippen molar-refractivity contribution in [2.75, 3.05) is 0 Å². The summed E-state index contributed by atoms with van der Waals surface area (Å²) in [5.74, 6) is 0. The number of aromatic nitrogens is 4. The van der Waals surface area contributed by atoms with Gasteiger partial charge in [-0.05, 0) is 0 Å². The molecular weight excluding hydrogens is 171 g/mol. The van der Waals surface area contributed by atoms with Crippen molar-refractivity contribution in [1.82, 2.24) is 18.9 Å². The molecule has 0 amide bonds. The van der Waals surface area contributed by atoms with E-state index in [4.69, 9.17) is 0 Å². The second-order valence-electron chi connectivity index (χ2n) is 1.82. The molecule has 6 heteroatoms. The van der Waals surface area contributed by atoms with Gasteiger partial charge in [0.1, 0.15) is 18.2 Å². The van der Waals surface area contributed by atoms with Gasteiger partial charge >= 0.3 is 29.6 Å². The Hall–Kier alpha value is -0.100. The van der Waals surface area contributed by atoms with Crippen molar-refractivity contribution in [2.45, 2.75) is 0 Å². The molecule has 52 valence electrons. The Morgan fingerprint density at radius 1 is 1.45 bits per heavy atom. The third-order valence-electron chi connectivity index (χ3n) is 1.20. The smallest absolute Gasteiger partial charge is 1.00 e. The third kappa shape index (κ3) is 1.56. The molecule has 11 heavy (non-hydrogen) atoms. The number of nitrogens with zero attached hydrogens (tertiary/aromatic N) is 4. The van der Waals surface area contributed by atoms with Gasteiger partial charge in [-0.25, -0.2) is 15.0 Å². The zero-order valence-electron chi connectivity index (χ0n) is 6.97. The average Bonchev–Trinajstić information content (AvgIpc) is 2.34. The fourth-order valence-electron chi connectivity index (χ4n) is 0.755. The molecule has 0 atom stereocenters. The summed E-state index contributed by atoms with van der Waals surface area (Å²) in [6.07, 6.45) is 4.70. The van der Waals surface area contributed by atoms with Gasteiger partial charge in [-0.1, -0.05) is 12.8 Å². The van der Waals surface area contributed by atoms with Crippen molar-refractivity contribution in [3.63, 3.8) is 0 Å². The molecule has 0 fully saturated rings. The van der Waals surface area contributed by atoms with Crippen molar-refractivity contribution in [3.05, 3.63) is 18.9 Å². The van der Waals surface area contributed by atoms with Gasteiger partial charge in [0.25, 0.3) is 0 Å². The number of hydrogen-bond acceptors (Lipinski definition) is 4. The molecule has 0 spiro atoms. The first-order chi connectivity index (χ1) is 4.88. The summed E-state index contributed by atoms with van der Waals surface area (Å²) in [6, 6.07) is 0. The predicted octanol–water partition coefficient (Wildman–Crippen LogP) is -2.36. The minimum Gasteiger partial charge on any atom is -1.00 e. The van der Waals surface area contributed by atoms with E-state index in [2.05, 4.69) is 27.8 Å². The molecule has 0 bridgehead atoms. The molecule has 2 heterocycles. The van der Waals surface area contributed by atoms with Gasteiger partial charge in [0.2, 0.25) is 0 Å². The van der Waals surface area contributed by atoms with Gasteiger partial charge < -0.3 is 1.43 Å². The van der Waals surface area contributed by atoms with E-state index in [1.165, 1.54) is 6.33 Å². The number of fused-ring (bicyclic) bond motifs is 1. The molecule has 0 saturated carbocycles. The minimum atomic E-state index is 0. The van der Waals surface area contributed by atoms with Crippen LogP contribution in [-0.4, -0.2) is 18.9 Å². The van der Waals surface area contributed by atoms with E-state index in [1.54, 1.807) is 16.5 Å². The van der Waals surface area contributed by atoms with E-state index in [1.807, 2.05) is 0 Å². The summed E-state index contributed by atoms with van der Waals surface area (Å²) >= 11 is 4.07. The Balaban J connectivity index is 0.000000605. The van der Waals surface area contributed by atoms with Crippen molar-refractivity contribution >= 4 is 24.0 Å². The molecule has 2 aromatic rings. The number of thiol groups is 1.